The van der Waals surface area contributed by atoms with Gasteiger partial charge in [-0.05, 0) is 51.4 Å². The molecule has 0 bridgehead atoms. The van der Waals surface area contributed by atoms with Crippen LogP contribution in [-0.4, -0.2) is 36.7 Å². The van der Waals surface area contributed by atoms with Crippen molar-refractivity contribution < 1.29 is 9.53 Å². The van der Waals surface area contributed by atoms with E-state index in [0.717, 1.165) is 31.8 Å². The molecule has 20 heavy (non-hydrogen) atoms. The van der Waals surface area contributed by atoms with Crippen LogP contribution in [0.4, 0.5) is 0 Å². The van der Waals surface area contributed by atoms with Crippen molar-refractivity contribution in [1.82, 2.24) is 10.6 Å². The summed E-state index contributed by atoms with van der Waals surface area (Å²) in [6, 6.07) is 0.580. The molecule has 2 heterocycles. The van der Waals surface area contributed by atoms with Gasteiger partial charge in [0.25, 0.3) is 0 Å². The molecule has 0 aromatic carbocycles. The van der Waals surface area contributed by atoms with E-state index in [4.69, 9.17) is 4.74 Å². The second-order valence-corrected chi connectivity index (χ2v) is 7.15. The van der Waals surface area contributed by atoms with Crippen LogP contribution in [-0.2, 0) is 9.53 Å². The zero-order chi connectivity index (χ0) is 14.0. The summed E-state index contributed by atoms with van der Waals surface area (Å²) >= 11 is 0. The van der Waals surface area contributed by atoms with Gasteiger partial charge in [-0.2, -0.15) is 0 Å². The largest absolute Gasteiger partial charge is 0.379 e. The first-order valence-electron chi connectivity index (χ1n) is 8.32. The average molecular weight is 280 g/mol. The summed E-state index contributed by atoms with van der Waals surface area (Å²) in [5.41, 5.74) is -0.166. The van der Waals surface area contributed by atoms with E-state index in [2.05, 4.69) is 17.6 Å². The van der Waals surface area contributed by atoms with Crippen LogP contribution < -0.4 is 10.6 Å². The second-order valence-electron chi connectivity index (χ2n) is 7.15. The maximum atomic E-state index is 12.5. The summed E-state index contributed by atoms with van der Waals surface area (Å²) in [5, 5.41) is 6.84. The summed E-state index contributed by atoms with van der Waals surface area (Å²) in [4.78, 5) is 12.5. The maximum Gasteiger partial charge on any atom is 0.237 e. The lowest BCUT2D eigenvalue weighted by atomic mass is 9.77. The Balaban J connectivity index is 1.54. The lowest BCUT2D eigenvalue weighted by molar-refractivity contribution is -0.128. The first-order chi connectivity index (χ1) is 9.66. The van der Waals surface area contributed by atoms with Crippen LogP contribution in [0, 0.1) is 5.92 Å². The number of carbonyl (C=O) groups excluding carboxylic acids is 1. The lowest BCUT2D eigenvalue weighted by Crippen LogP contribution is -2.60. The predicted molar refractivity (Wildman–Crippen MR) is 78.5 cm³/mol. The summed E-state index contributed by atoms with van der Waals surface area (Å²) in [7, 11) is 0. The SMILES string of the molecule is CC1(NC(=O)C2CCC3CCCCC3N2)CCCOC1. The molecule has 1 saturated carbocycles. The monoisotopic (exact) mass is 280 g/mol. The van der Waals surface area contributed by atoms with Crippen LogP contribution >= 0.6 is 0 Å². The third-order valence-corrected chi connectivity index (χ3v) is 5.33. The Hall–Kier alpha value is -0.610. The number of fused-ring (bicyclic) bond motifs is 1. The van der Waals surface area contributed by atoms with Gasteiger partial charge in [0.05, 0.1) is 18.2 Å². The number of ether oxygens (including phenoxy) is 1. The van der Waals surface area contributed by atoms with E-state index < -0.39 is 0 Å². The van der Waals surface area contributed by atoms with Gasteiger partial charge < -0.3 is 15.4 Å². The molecule has 4 atom stereocenters. The minimum atomic E-state index is -0.166. The van der Waals surface area contributed by atoms with Crippen LogP contribution in [0.15, 0.2) is 0 Å². The molecule has 0 radical (unpaired) electrons. The van der Waals surface area contributed by atoms with E-state index in [1.165, 1.54) is 32.1 Å². The Bertz CT molecular complexity index is 352. The molecule has 3 rings (SSSR count). The Kier molecular flexibility index (Phi) is 4.32. The van der Waals surface area contributed by atoms with Crippen molar-refractivity contribution in [3.05, 3.63) is 0 Å². The van der Waals surface area contributed by atoms with Crippen molar-refractivity contribution in [2.75, 3.05) is 13.2 Å². The van der Waals surface area contributed by atoms with Crippen molar-refractivity contribution in [1.29, 1.82) is 0 Å². The molecule has 114 valence electrons. The highest BCUT2D eigenvalue weighted by molar-refractivity contribution is 5.82. The third kappa shape index (κ3) is 3.17. The fourth-order valence-electron chi connectivity index (χ4n) is 4.12. The van der Waals surface area contributed by atoms with Gasteiger partial charge in [0.1, 0.15) is 0 Å². The number of piperidine rings is 1. The number of carbonyl (C=O) groups is 1. The van der Waals surface area contributed by atoms with E-state index in [1.54, 1.807) is 0 Å². The van der Waals surface area contributed by atoms with Crippen molar-refractivity contribution in [2.45, 2.75) is 75.9 Å². The number of amides is 1. The zero-order valence-corrected chi connectivity index (χ0v) is 12.6. The highest BCUT2D eigenvalue weighted by Gasteiger charge is 2.37. The summed E-state index contributed by atoms with van der Waals surface area (Å²) in [5.74, 6) is 0.989. The number of hydrogen-bond acceptors (Lipinski definition) is 3. The summed E-state index contributed by atoms with van der Waals surface area (Å²) < 4.78 is 5.52. The second kappa shape index (κ2) is 6.02. The Morgan fingerprint density at radius 2 is 2.05 bits per heavy atom. The highest BCUT2D eigenvalue weighted by atomic mass is 16.5. The maximum absolute atomic E-state index is 12.5. The Morgan fingerprint density at radius 3 is 2.85 bits per heavy atom. The number of rotatable bonds is 2. The fraction of sp³-hybridized carbons (Fsp3) is 0.938. The molecule has 2 aliphatic heterocycles. The molecule has 1 aliphatic carbocycles. The number of hydrogen-bond donors (Lipinski definition) is 2. The van der Waals surface area contributed by atoms with E-state index in [0.29, 0.717) is 12.6 Å². The molecule has 0 spiro atoms. The van der Waals surface area contributed by atoms with Crippen molar-refractivity contribution in [3.63, 3.8) is 0 Å². The molecule has 4 heteroatoms. The number of nitrogens with one attached hydrogen (secondary N) is 2. The van der Waals surface area contributed by atoms with Crippen LogP contribution in [0.2, 0.25) is 0 Å². The van der Waals surface area contributed by atoms with Gasteiger partial charge in [-0.3, -0.25) is 4.79 Å². The molecule has 0 aromatic rings. The molecule has 4 nitrogen and oxygen atoms in total. The molecule has 4 unspecified atom stereocenters. The Morgan fingerprint density at radius 1 is 1.20 bits per heavy atom. The minimum Gasteiger partial charge on any atom is -0.379 e. The van der Waals surface area contributed by atoms with Crippen LogP contribution in [0.1, 0.15) is 58.3 Å². The fourth-order valence-corrected chi connectivity index (χ4v) is 4.12. The molecule has 3 aliphatic rings. The molecular weight excluding hydrogens is 252 g/mol. The highest BCUT2D eigenvalue weighted by Crippen LogP contribution is 2.32. The van der Waals surface area contributed by atoms with Gasteiger partial charge in [0.2, 0.25) is 5.91 Å². The van der Waals surface area contributed by atoms with Gasteiger partial charge in [0, 0.05) is 12.6 Å². The standard InChI is InChI=1S/C16H28N2O2/c1-16(9-4-10-20-11-16)18-15(19)14-8-7-12-5-2-3-6-13(12)17-14/h12-14,17H,2-11H2,1H3,(H,18,19). The smallest absolute Gasteiger partial charge is 0.237 e. The van der Waals surface area contributed by atoms with Gasteiger partial charge in [-0.15, -0.1) is 0 Å². The van der Waals surface area contributed by atoms with E-state index in [-0.39, 0.29) is 17.5 Å². The van der Waals surface area contributed by atoms with Gasteiger partial charge in [0.15, 0.2) is 0 Å². The molecule has 2 N–H and O–H groups in total. The first kappa shape index (κ1) is 14.3. The molecular formula is C16H28N2O2. The van der Waals surface area contributed by atoms with Gasteiger partial charge in [-0.25, -0.2) is 0 Å². The zero-order valence-electron chi connectivity index (χ0n) is 12.6. The van der Waals surface area contributed by atoms with E-state index >= 15 is 0 Å². The van der Waals surface area contributed by atoms with Crippen molar-refractivity contribution >= 4 is 5.91 Å². The van der Waals surface area contributed by atoms with Crippen LogP contribution in [0.25, 0.3) is 0 Å². The molecule has 0 aromatic heterocycles. The van der Waals surface area contributed by atoms with Gasteiger partial charge in [-0.1, -0.05) is 12.8 Å². The average Bonchev–Trinajstić information content (AvgIpc) is 2.47. The lowest BCUT2D eigenvalue weighted by Gasteiger charge is -2.41. The summed E-state index contributed by atoms with van der Waals surface area (Å²) in [6.45, 7) is 3.59. The Labute approximate surface area is 122 Å². The quantitative estimate of drug-likeness (QED) is 0.813. The topological polar surface area (TPSA) is 50.4 Å². The molecule has 3 fully saturated rings. The predicted octanol–water partition coefficient (Wildman–Crippen LogP) is 1.98. The van der Waals surface area contributed by atoms with Gasteiger partial charge >= 0.3 is 0 Å². The van der Waals surface area contributed by atoms with E-state index in [1.807, 2.05) is 0 Å². The van der Waals surface area contributed by atoms with Crippen LogP contribution in [0.3, 0.4) is 0 Å². The van der Waals surface area contributed by atoms with Crippen LogP contribution in [0.5, 0.6) is 0 Å². The van der Waals surface area contributed by atoms with Crippen molar-refractivity contribution in [2.24, 2.45) is 5.92 Å². The first-order valence-corrected chi connectivity index (χ1v) is 8.32. The molecule has 1 amide bonds. The van der Waals surface area contributed by atoms with Crippen molar-refractivity contribution in [3.8, 4) is 0 Å². The van der Waals surface area contributed by atoms with E-state index in [9.17, 15) is 4.79 Å². The molecule has 2 saturated heterocycles. The normalized spacial score (nSPS) is 41.8. The third-order valence-electron chi connectivity index (χ3n) is 5.33. The minimum absolute atomic E-state index is 0.00750. The summed E-state index contributed by atoms with van der Waals surface area (Å²) in [6.07, 6.45) is 9.54.